The first kappa shape index (κ1) is 13.1. The molecule has 1 aliphatic carbocycles. The number of likely N-dealkylation sites (tertiary alicyclic amines) is 1. The third-order valence-corrected chi connectivity index (χ3v) is 4.67. The van der Waals surface area contributed by atoms with Crippen molar-refractivity contribution in [1.29, 1.82) is 0 Å². The summed E-state index contributed by atoms with van der Waals surface area (Å²) in [6.07, 6.45) is 6.29. The normalized spacial score (nSPS) is 29.8. The molecular weight excluding hydrogens is 239 g/mol. The van der Waals surface area contributed by atoms with E-state index in [0.717, 1.165) is 25.1 Å². The number of piperidine rings is 1. The molecule has 1 aromatic carbocycles. The van der Waals surface area contributed by atoms with Crippen molar-refractivity contribution in [2.45, 2.75) is 50.1 Å². The Kier molecular flexibility index (Phi) is 3.85. The van der Waals surface area contributed by atoms with Gasteiger partial charge in [-0.25, -0.2) is 4.39 Å². The molecule has 2 fully saturated rings. The second-order valence-electron chi connectivity index (χ2n) is 6.14. The quantitative estimate of drug-likeness (QED) is 0.888. The first-order valence-electron chi connectivity index (χ1n) is 7.47. The summed E-state index contributed by atoms with van der Waals surface area (Å²) in [4.78, 5) is 2.55. The molecule has 2 nitrogen and oxygen atoms in total. The molecule has 3 heteroatoms. The molecule has 1 aromatic rings. The third-order valence-electron chi connectivity index (χ3n) is 4.67. The van der Waals surface area contributed by atoms with Crippen molar-refractivity contribution in [1.82, 2.24) is 4.90 Å². The van der Waals surface area contributed by atoms with Crippen molar-refractivity contribution >= 4 is 0 Å². The zero-order valence-corrected chi connectivity index (χ0v) is 11.4. The summed E-state index contributed by atoms with van der Waals surface area (Å²) in [6, 6.07) is 7.98. The highest BCUT2D eigenvalue weighted by Gasteiger charge is 2.31. The fourth-order valence-electron chi connectivity index (χ4n) is 3.74. The first-order chi connectivity index (χ1) is 9.22. The number of hydrogen-bond donors (Lipinski definition) is 1. The second-order valence-corrected chi connectivity index (χ2v) is 6.14. The Labute approximate surface area is 114 Å². The summed E-state index contributed by atoms with van der Waals surface area (Å²) in [5, 5.41) is 0. The van der Waals surface area contributed by atoms with Gasteiger partial charge in [-0.3, -0.25) is 4.90 Å². The Morgan fingerprint density at radius 3 is 2.68 bits per heavy atom. The minimum Gasteiger partial charge on any atom is -0.327 e. The van der Waals surface area contributed by atoms with E-state index in [4.69, 9.17) is 5.73 Å². The standard InChI is InChI=1S/C16H23FN2/c17-14-5-3-4-12(8-14)13-9-15(18)11-19(10-13)16-6-1-2-7-16/h3-5,8,13,15-16H,1-2,6-7,9-11,18H2. The van der Waals surface area contributed by atoms with Crippen molar-refractivity contribution in [3.63, 3.8) is 0 Å². The highest BCUT2D eigenvalue weighted by Crippen LogP contribution is 2.32. The van der Waals surface area contributed by atoms with E-state index >= 15 is 0 Å². The van der Waals surface area contributed by atoms with Gasteiger partial charge in [-0.05, 0) is 42.9 Å². The van der Waals surface area contributed by atoms with E-state index in [-0.39, 0.29) is 11.9 Å². The Morgan fingerprint density at radius 2 is 1.95 bits per heavy atom. The second kappa shape index (κ2) is 5.59. The Balaban J connectivity index is 1.74. The molecule has 19 heavy (non-hydrogen) atoms. The number of nitrogens with two attached hydrogens (primary N) is 1. The average Bonchev–Trinajstić information content (AvgIpc) is 2.92. The maximum Gasteiger partial charge on any atom is 0.123 e. The minimum atomic E-state index is -0.135. The van der Waals surface area contributed by atoms with Gasteiger partial charge in [0.05, 0.1) is 0 Å². The average molecular weight is 262 g/mol. The van der Waals surface area contributed by atoms with Crippen LogP contribution in [-0.4, -0.2) is 30.1 Å². The molecule has 0 bridgehead atoms. The van der Waals surface area contributed by atoms with Crippen LogP contribution in [0.25, 0.3) is 0 Å². The van der Waals surface area contributed by atoms with Crippen molar-refractivity contribution < 1.29 is 4.39 Å². The number of benzene rings is 1. The highest BCUT2D eigenvalue weighted by molar-refractivity contribution is 5.22. The van der Waals surface area contributed by atoms with Crippen LogP contribution in [0.5, 0.6) is 0 Å². The topological polar surface area (TPSA) is 29.3 Å². The van der Waals surface area contributed by atoms with E-state index in [1.807, 2.05) is 12.1 Å². The SMILES string of the molecule is NC1CC(c2cccc(F)c2)CN(C2CCCC2)C1. The van der Waals surface area contributed by atoms with Gasteiger partial charge in [0.1, 0.15) is 5.82 Å². The van der Waals surface area contributed by atoms with Gasteiger partial charge in [-0.2, -0.15) is 0 Å². The van der Waals surface area contributed by atoms with Crippen molar-refractivity contribution in [3.8, 4) is 0 Å². The number of nitrogens with zero attached hydrogens (tertiary/aromatic N) is 1. The van der Waals surface area contributed by atoms with Crippen LogP contribution in [0.2, 0.25) is 0 Å². The van der Waals surface area contributed by atoms with Crippen LogP contribution in [-0.2, 0) is 0 Å². The third kappa shape index (κ3) is 2.98. The molecule has 2 atom stereocenters. The highest BCUT2D eigenvalue weighted by atomic mass is 19.1. The molecule has 0 amide bonds. The summed E-state index contributed by atoms with van der Waals surface area (Å²) < 4.78 is 13.4. The molecule has 0 spiro atoms. The van der Waals surface area contributed by atoms with Crippen LogP contribution in [0.15, 0.2) is 24.3 Å². The van der Waals surface area contributed by atoms with Crippen LogP contribution in [0, 0.1) is 5.82 Å². The number of halogens is 1. The summed E-state index contributed by atoms with van der Waals surface area (Å²) >= 11 is 0. The lowest BCUT2D eigenvalue weighted by atomic mass is 9.87. The van der Waals surface area contributed by atoms with Crippen LogP contribution in [0.1, 0.15) is 43.6 Å². The molecule has 3 rings (SSSR count). The van der Waals surface area contributed by atoms with Gasteiger partial charge in [0, 0.05) is 25.2 Å². The molecule has 1 aliphatic heterocycles. The molecule has 0 aromatic heterocycles. The molecule has 0 radical (unpaired) electrons. The van der Waals surface area contributed by atoms with Gasteiger partial charge in [0.25, 0.3) is 0 Å². The number of hydrogen-bond acceptors (Lipinski definition) is 2. The monoisotopic (exact) mass is 262 g/mol. The van der Waals surface area contributed by atoms with Gasteiger partial charge < -0.3 is 5.73 Å². The van der Waals surface area contributed by atoms with E-state index in [9.17, 15) is 4.39 Å². The van der Waals surface area contributed by atoms with E-state index in [0.29, 0.717) is 12.0 Å². The molecule has 1 saturated heterocycles. The number of rotatable bonds is 2. The first-order valence-corrected chi connectivity index (χ1v) is 7.47. The summed E-state index contributed by atoms with van der Waals surface area (Å²) in [5.74, 6) is 0.254. The van der Waals surface area contributed by atoms with Crippen molar-refractivity contribution in [2.75, 3.05) is 13.1 Å². The Bertz CT molecular complexity index is 429. The molecule has 2 unspecified atom stereocenters. The summed E-state index contributed by atoms with van der Waals surface area (Å²) in [5.41, 5.74) is 7.33. The predicted molar refractivity (Wildman–Crippen MR) is 75.6 cm³/mol. The zero-order valence-electron chi connectivity index (χ0n) is 11.4. The van der Waals surface area contributed by atoms with Crippen molar-refractivity contribution in [2.24, 2.45) is 5.73 Å². The molecule has 2 aliphatic rings. The van der Waals surface area contributed by atoms with Gasteiger partial charge in [-0.1, -0.05) is 25.0 Å². The Morgan fingerprint density at radius 1 is 1.16 bits per heavy atom. The van der Waals surface area contributed by atoms with E-state index in [2.05, 4.69) is 4.90 Å². The summed E-state index contributed by atoms with van der Waals surface area (Å²) in [6.45, 7) is 2.05. The van der Waals surface area contributed by atoms with E-state index in [1.165, 1.54) is 31.7 Å². The maximum atomic E-state index is 13.4. The molecular formula is C16H23FN2. The minimum absolute atomic E-state index is 0.135. The van der Waals surface area contributed by atoms with Crippen LogP contribution in [0.4, 0.5) is 4.39 Å². The van der Waals surface area contributed by atoms with Crippen molar-refractivity contribution in [3.05, 3.63) is 35.6 Å². The van der Waals surface area contributed by atoms with Gasteiger partial charge >= 0.3 is 0 Å². The molecule has 1 heterocycles. The Hall–Kier alpha value is -0.930. The molecule has 2 N–H and O–H groups in total. The van der Waals surface area contributed by atoms with Crippen LogP contribution in [0.3, 0.4) is 0 Å². The van der Waals surface area contributed by atoms with Gasteiger partial charge in [0.15, 0.2) is 0 Å². The fourth-order valence-corrected chi connectivity index (χ4v) is 3.74. The van der Waals surface area contributed by atoms with E-state index in [1.54, 1.807) is 6.07 Å². The van der Waals surface area contributed by atoms with Crippen LogP contribution < -0.4 is 5.73 Å². The smallest absolute Gasteiger partial charge is 0.123 e. The van der Waals surface area contributed by atoms with Crippen LogP contribution >= 0.6 is 0 Å². The lowest BCUT2D eigenvalue weighted by molar-refractivity contribution is 0.136. The lowest BCUT2D eigenvalue weighted by Gasteiger charge is -2.40. The lowest BCUT2D eigenvalue weighted by Crippen LogP contribution is -2.49. The fraction of sp³-hybridized carbons (Fsp3) is 0.625. The largest absolute Gasteiger partial charge is 0.327 e. The summed E-state index contributed by atoms with van der Waals surface area (Å²) in [7, 11) is 0. The maximum absolute atomic E-state index is 13.4. The molecule has 1 saturated carbocycles. The van der Waals surface area contributed by atoms with E-state index < -0.39 is 0 Å². The zero-order chi connectivity index (χ0) is 13.2. The van der Waals surface area contributed by atoms with Gasteiger partial charge in [0.2, 0.25) is 0 Å². The van der Waals surface area contributed by atoms with Gasteiger partial charge in [-0.15, -0.1) is 0 Å². The molecule has 104 valence electrons. The predicted octanol–water partition coefficient (Wildman–Crippen LogP) is 2.88.